The van der Waals surface area contributed by atoms with Gasteiger partial charge in [-0.15, -0.1) is 15.5 Å². The van der Waals surface area contributed by atoms with Crippen molar-refractivity contribution >= 4 is 19.7 Å². The summed E-state index contributed by atoms with van der Waals surface area (Å²) in [5.74, 6) is -1.59. The monoisotopic (exact) mass is 248 g/mol. The minimum absolute atomic E-state index is 0.420. The third-order valence-electron chi connectivity index (χ3n) is 1.62. The van der Waals surface area contributed by atoms with Gasteiger partial charge in [0, 0.05) is 10.7 Å². The van der Waals surface area contributed by atoms with Gasteiger partial charge in [-0.2, -0.15) is 0 Å². The first-order chi connectivity index (χ1) is 6.05. The van der Waals surface area contributed by atoms with E-state index in [4.69, 9.17) is 0 Å². The zero-order valence-electron chi connectivity index (χ0n) is 7.10. The number of halogens is 5. The van der Waals surface area contributed by atoms with Crippen LogP contribution in [0.5, 0.6) is 0 Å². The normalized spacial score (nSPS) is 17.2. The second kappa shape index (κ2) is 2.79. The van der Waals surface area contributed by atoms with Crippen LogP contribution in [0.3, 0.4) is 0 Å². The number of rotatable bonds is 3. The van der Waals surface area contributed by atoms with Gasteiger partial charge in [-0.05, 0) is 12.0 Å². The molecule has 0 N–H and O–H groups in total. The first kappa shape index (κ1) is 11.7. The molecule has 6 heteroatoms. The molecule has 0 heterocycles. The fraction of sp³-hybridized carbons (Fsp3) is 0.250. The molecule has 0 amide bonds. The molecule has 0 bridgehead atoms. The highest BCUT2D eigenvalue weighted by atomic mass is 35.7. The second-order valence-electron chi connectivity index (χ2n) is 3.07. The molecular weight excluding hydrogens is 240 g/mol. The summed E-state index contributed by atoms with van der Waals surface area (Å²) in [7, 11) is -4.21. The smallest absolute Gasteiger partial charge is 0.111 e. The van der Waals surface area contributed by atoms with E-state index in [2.05, 4.69) is 10.7 Å². The lowest BCUT2D eigenvalue weighted by Gasteiger charge is -2.42. The van der Waals surface area contributed by atoms with Crippen molar-refractivity contribution in [3.63, 3.8) is 0 Å². The van der Waals surface area contributed by atoms with Gasteiger partial charge >= 0.3 is 0 Å². The Morgan fingerprint density at radius 2 is 1.50 bits per heavy atom. The van der Waals surface area contributed by atoms with Gasteiger partial charge in [0.05, 0.1) is 5.75 Å². The summed E-state index contributed by atoms with van der Waals surface area (Å²) in [5.41, 5.74) is 0.420. The Balaban J connectivity index is 2.68. The summed E-state index contributed by atoms with van der Waals surface area (Å²) in [6.07, 6.45) is -0.425. The molecule has 0 aliphatic rings. The molecule has 0 fully saturated rings. The quantitative estimate of drug-likeness (QED) is 0.674. The summed E-state index contributed by atoms with van der Waals surface area (Å²) in [6, 6.07) is 7.86. The summed E-state index contributed by atoms with van der Waals surface area (Å²) in [5, 5.41) is 0. The first-order valence-electron chi connectivity index (χ1n) is 3.82. The molecule has 1 aromatic rings. The molecule has 0 atom stereocenters. The van der Waals surface area contributed by atoms with Gasteiger partial charge < -0.3 is 0 Å². The van der Waals surface area contributed by atoms with Gasteiger partial charge in [0.2, 0.25) is 9.05 Å². The average molecular weight is 249 g/mol. The Hall–Kier alpha value is -0.420. The molecule has 0 saturated carbocycles. The molecule has 0 spiro atoms. The van der Waals surface area contributed by atoms with Gasteiger partial charge in [-0.25, -0.2) is 0 Å². The first-order valence-corrected chi connectivity index (χ1v) is 6.87. The predicted octanol–water partition coefficient (Wildman–Crippen LogP) is 4.80. The van der Waals surface area contributed by atoms with Gasteiger partial charge in [0.25, 0.3) is 0 Å². The minimum atomic E-state index is -8.26. The summed E-state index contributed by atoms with van der Waals surface area (Å²) < 4.78 is 49.3. The van der Waals surface area contributed by atoms with Crippen molar-refractivity contribution in [3.8, 4) is 0 Å². The van der Waals surface area contributed by atoms with Crippen molar-refractivity contribution in [2.24, 2.45) is 0 Å². The number of benzene rings is 1. The van der Waals surface area contributed by atoms with Crippen LogP contribution in [-0.2, 0) is 6.42 Å². The highest BCUT2D eigenvalue weighted by molar-refractivity contribution is 8.65. The lowest BCUT2D eigenvalue weighted by molar-refractivity contribution is 0.479. The van der Waals surface area contributed by atoms with Crippen LogP contribution in [-0.4, -0.2) is 5.75 Å². The molecule has 0 radical (unpaired) electrons. The van der Waals surface area contributed by atoms with Crippen LogP contribution in [0.15, 0.2) is 30.3 Å². The van der Waals surface area contributed by atoms with Gasteiger partial charge in [0.15, 0.2) is 0 Å². The number of aryl methyl sites for hydroxylation is 1. The Kier molecular flexibility index (Phi) is 2.32. The molecule has 1 rings (SSSR count). The molecule has 0 aliphatic carbocycles. The van der Waals surface area contributed by atoms with E-state index in [1.54, 1.807) is 18.2 Å². The average Bonchev–Trinajstić information content (AvgIpc) is 2.00. The lowest BCUT2D eigenvalue weighted by atomic mass is 10.2. The largest absolute Gasteiger partial charge is 0.230 e. The summed E-state index contributed by atoms with van der Waals surface area (Å²) in [6.45, 7) is 0. The fourth-order valence-corrected chi connectivity index (χ4v) is 1.81. The Morgan fingerprint density at radius 3 is 1.93 bits per heavy atom. The number of hydrogen-bond acceptors (Lipinski definition) is 0. The fourth-order valence-electron chi connectivity index (χ4n) is 0.955. The molecule has 1 aromatic carbocycles. The van der Waals surface area contributed by atoms with E-state index in [0.29, 0.717) is 5.56 Å². The van der Waals surface area contributed by atoms with E-state index >= 15 is 0 Å². The van der Waals surface area contributed by atoms with Crippen molar-refractivity contribution in [1.29, 1.82) is 0 Å². The zero-order valence-corrected chi connectivity index (χ0v) is 8.67. The Bertz CT molecular complexity index is 317. The third kappa shape index (κ3) is 5.34. The van der Waals surface area contributed by atoms with Crippen molar-refractivity contribution < 1.29 is 15.5 Å². The summed E-state index contributed by atoms with van der Waals surface area (Å²) in [4.78, 5) is 0. The molecule has 0 nitrogen and oxygen atoms in total. The second-order valence-corrected chi connectivity index (χ2v) is 7.79. The highest BCUT2D eigenvalue weighted by Crippen LogP contribution is 3.00. The lowest BCUT2D eigenvalue weighted by Crippen LogP contribution is -2.11. The van der Waals surface area contributed by atoms with E-state index in [0.717, 1.165) is 0 Å². The Labute approximate surface area is 83.8 Å². The van der Waals surface area contributed by atoms with Crippen LogP contribution in [0.4, 0.5) is 15.5 Å². The summed E-state index contributed by atoms with van der Waals surface area (Å²) >= 11 is 0. The standard InChI is InChI=1S/C8H9ClF4S/c9-14(10,11,12,13)7-6-8-4-2-1-3-5-8/h1-5H,6-7H2. The molecule has 82 valence electrons. The van der Waals surface area contributed by atoms with Crippen LogP contribution in [0.25, 0.3) is 0 Å². The van der Waals surface area contributed by atoms with Crippen molar-refractivity contribution in [2.75, 3.05) is 5.75 Å². The van der Waals surface area contributed by atoms with Gasteiger partial charge in [-0.1, -0.05) is 30.3 Å². The molecule has 14 heavy (non-hydrogen) atoms. The van der Waals surface area contributed by atoms with E-state index in [1.165, 1.54) is 12.1 Å². The maximum absolute atomic E-state index is 12.3. The van der Waals surface area contributed by atoms with E-state index in [9.17, 15) is 15.5 Å². The SMILES string of the molecule is FS(F)(F)(F)(Cl)CCc1ccccc1. The highest BCUT2D eigenvalue weighted by Gasteiger charge is 2.59. The van der Waals surface area contributed by atoms with Gasteiger partial charge in [-0.3, -0.25) is 0 Å². The predicted molar refractivity (Wildman–Crippen MR) is 52.9 cm³/mol. The third-order valence-corrected chi connectivity index (χ3v) is 3.06. The van der Waals surface area contributed by atoms with Gasteiger partial charge in [0.1, 0.15) is 0 Å². The van der Waals surface area contributed by atoms with Crippen molar-refractivity contribution in [3.05, 3.63) is 35.9 Å². The van der Waals surface area contributed by atoms with Crippen molar-refractivity contribution in [2.45, 2.75) is 6.42 Å². The van der Waals surface area contributed by atoms with E-state index < -0.39 is 21.2 Å². The van der Waals surface area contributed by atoms with Crippen LogP contribution in [0.2, 0.25) is 0 Å². The molecule has 0 aliphatic heterocycles. The maximum atomic E-state index is 12.3. The van der Waals surface area contributed by atoms with E-state index in [1.807, 2.05) is 0 Å². The van der Waals surface area contributed by atoms with E-state index in [-0.39, 0.29) is 0 Å². The van der Waals surface area contributed by atoms with Crippen molar-refractivity contribution in [1.82, 2.24) is 0 Å². The maximum Gasteiger partial charge on any atom is 0.230 e. The minimum Gasteiger partial charge on any atom is -0.111 e. The number of hydrogen-bond donors (Lipinski definition) is 0. The Morgan fingerprint density at radius 1 is 1.00 bits per heavy atom. The van der Waals surface area contributed by atoms with Crippen LogP contribution in [0, 0.1) is 0 Å². The molecular formula is C8H9ClF4S. The zero-order chi connectivity index (χ0) is 10.9. The molecule has 0 aromatic heterocycles. The van der Waals surface area contributed by atoms with Crippen LogP contribution >= 0.6 is 19.7 Å². The molecule has 0 unspecified atom stereocenters. The topological polar surface area (TPSA) is 0 Å². The van der Waals surface area contributed by atoms with Crippen LogP contribution in [0.1, 0.15) is 5.56 Å². The van der Waals surface area contributed by atoms with Crippen LogP contribution < -0.4 is 0 Å². The molecule has 0 saturated heterocycles.